The maximum atomic E-state index is 11.2. The molecular formula is C9H15NO3. The second kappa shape index (κ2) is 4.39. The molecule has 13 heavy (non-hydrogen) atoms. The van der Waals surface area contributed by atoms with Crippen LogP contribution in [-0.2, 0) is 14.3 Å². The molecule has 74 valence electrons. The number of hydrogen-bond donors (Lipinski definition) is 1. The largest absolute Gasteiger partial charge is 0.348 e. The van der Waals surface area contributed by atoms with E-state index in [1.807, 2.05) is 6.92 Å². The SMILES string of the molecule is C=C(C)C(=O)NC(C)C1OCCO1. The summed E-state index contributed by atoms with van der Waals surface area (Å²) in [6.07, 6.45) is -0.316. The molecule has 4 nitrogen and oxygen atoms in total. The number of carbonyl (C=O) groups excluding carboxylic acids is 1. The maximum Gasteiger partial charge on any atom is 0.246 e. The molecule has 1 saturated heterocycles. The highest BCUT2D eigenvalue weighted by Gasteiger charge is 2.24. The Morgan fingerprint density at radius 2 is 2.08 bits per heavy atom. The standard InChI is InChI=1S/C9H15NO3/c1-6(2)8(11)10-7(3)9-12-4-5-13-9/h7,9H,1,4-5H2,2-3H3,(H,10,11). The Bertz CT molecular complexity index is 209. The van der Waals surface area contributed by atoms with Gasteiger partial charge in [-0.3, -0.25) is 4.79 Å². The van der Waals surface area contributed by atoms with Crippen LogP contribution in [0.4, 0.5) is 0 Å². The third-order valence-corrected chi connectivity index (χ3v) is 1.80. The Labute approximate surface area is 77.9 Å². The number of rotatable bonds is 3. The molecule has 1 atom stereocenters. The minimum absolute atomic E-state index is 0.133. The molecule has 0 radical (unpaired) electrons. The van der Waals surface area contributed by atoms with E-state index in [0.717, 1.165) is 0 Å². The summed E-state index contributed by atoms with van der Waals surface area (Å²) in [4.78, 5) is 11.2. The van der Waals surface area contributed by atoms with Gasteiger partial charge in [-0.05, 0) is 13.8 Å². The molecule has 1 amide bonds. The van der Waals surface area contributed by atoms with Crippen molar-refractivity contribution in [3.05, 3.63) is 12.2 Å². The molecule has 1 unspecified atom stereocenters. The van der Waals surface area contributed by atoms with Crippen LogP contribution in [0.2, 0.25) is 0 Å². The lowest BCUT2D eigenvalue weighted by Crippen LogP contribution is -2.41. The molecule has 0 aromatic heterocycles. The Morgan fingerprint density at radius 1 is 1.54 bits per heavy atom. The van der Waals surface area contributed by atoms with Crippen molar-refractivity contribution < 1.29 is 14.3 Å². The topological polar surface area (TPSA) is 47.6 Å². The number of amides is 1. The van der Waals surface area contributed by atoms with Gasteiger partial charge in [-0.1, -0.05) is 6.58 Å². The van der Waals surface area contributed by atoms with Crippen molar-refractivity contribution in [3.63, 3.8) is 0 Å². The van der Waals surface area contributed by atoms with Gasteiger partial charge in [0.15, 0.2) is 6.29 Å². The first-order chi connectivity index (χ1) is 6.11. The molecule has 0 saturated carbocycles. The van der Waals surface area contributed by atoms with Crippen molar-refractivity contribution in [2.75, 3.05) is 13.2 Å². The molecule has 1 N–H and O–H groups in total. The molecule has 0 aliphatic carbocycles. The van der Waals surface area contributed by atoms with E-state index in [9.17, 15) is 4.79 Å². The highest BCUT2D eigenvalue weighted by atomic mass is 16.7. The Balaban J connectivity index is 2.35. The van der Waals surface area contributed by atoms with Crippen molar-refractivity contribution in [2.24, 2.45) is 0 Å². The second-order valence-corrected chi connectivity index (χ2v) is 3.15. The number of carbonyl (C=O) groups is 1. The first-order valence-electron chi connectivity index (χ1n) is 4.31. The van der Waals surface area contributed by atoms with E-state index in [4.69, 9.17) is 9.47 Å². The minimum atomic E-state index is -0.316. The molecular weight excluding hydrogens is 170 g/mol. The van der Waals surface area contributed by atoms with Crippen LogP contribution in [0.15, 0.2) is 12.2 Å². The van der Waals surface area contributed by atoms with Crippen molar-refractivity contribution in [1.29, 1.82) is 0 Å². The number of nitrogens with one attached hydrogen (secondary N) is 1. The van der Waals surface area contributed by atoms with Crippen LogP contribution in [0.25, 0.3) is 0 Å². The highest BCUT2D eigenvalue weighted by molar-refractivity contribution is 5.92. The quantitative estimate of drug-likeness (QED) is 0.649. The zero-order valence-corrected chi connectivity index (χ0v) is 8.00. The molecule has 0 aromatic rings. The second-order valence-electron chi connectivity index (χ2n) is 3.15. The van der Waals surface area contributed by atoms with Gasteiger partial charge in [0.05, 0.1) is 19.3 Å². The summed E-state index contributed by atoms with van der Waals surface area (Å²) in [6.45, 7) is 8.24. The van der Waals surface area contributed by atoms with Crippen LogP contribution in [0.3, 0.4) is 0 Å². The summed E-state index contributed by atoms with van der Waals surface area (Å²) in [5.41, 5.74) is 0.491. The summed E-state index contributed by atoms with van der Waals surface area (Å²) in [5.74, 6) is -0.161. The molecule has 1 aliphatic rings. The summed E-state index contributed by atoms with van der Waals surface area (Å²) in [6, 6.07) is -0.133. The molecule has 0 spiro atoms. The van der Waals surface area contributed by atoms with Crippen molar-refractivity contribution >= 4 is 5.91 Å². The van der Waals surface area contributed by atoms with E-state index < -0.39 is 0 Å². The van der Waals surface area contributed by atoms with Gasteiger partial charge in [-0.25, -0.2) is 0 Å². The molecule has 1 rings (SSSR count). The van der Waals surface area contributed by atoms with Crippen molar-refractivity contribution in [3.8, 4) is 0 Å². The molecule has 0 aromatic carbocycles. The maximum absolute atomic E-state index is 11.2. The Morgan fingerprint density at radius 3 is 2.54 bits per heavy atom. The first kappa shape index (κ1) is 10.2. The zero-order chi connectivity index (χ0) is 9.84. The van der Waals surface area contributed by atoms with Gasteiger partial charge >= 0.3 is 0 Å². The van der Waals surface area contributed by atoms with Crippen molar-refractivity contribution in [2.45, 2.75) is 26.2 Å². The van der Waals surface area contributed by atoms with Crippen LogP contribution in [-0.4, -0.2) is 31.5 Å². The fourth-order valence-electron chi connectivity index (χ4n) is 1.06. The van der Waals surface area contributed by atoms with Crippen LogP contribution >= 0.6 is 0 Å². The van der Waals surface area contributed by atoms with E-state index in [-0.39, 0.29) is 18.2 Å². The van der Waals surface area contributed by atoms with Crippen molar-refractivity contribution in [1.82, 2.24) is 5.32 Å². The van der Waals surface area contributed by atoms with E-state index in [0.29, 0.717) is 18.8 Å². The summed E-state index contributed by atoms with van der Waals surface area (Å²) < 4.78 is 10.5. The lowest BCUT2D eigenvalue weighted by atomic mass is 10.2. The molecule has 1 aliphatic heterocycles. The predicted molar refractivity (Wildman–Crippen MR) is 48.1 cm³/mol. The highest BCUT2D eigenvalue weighted by Crippen LogP contribution is 2.08. The minimum Gasteiger partial charge on any atom is -0.348 e. The van der Waals surface area contributed by atoms with E-state index in [2.05, 4.69) is 11.9 Å². The van der Waals surface area contributed by atoms with Gasteiger partial charge < -0.3 is 14.8 Å². The Kier molecular flexibility index (Phi) is 3.45. The lowest BCUT2D eigenvalue weighted by Gasteiger charge is -2.18. The fraction of sp³-hybridized carbons (Fsp3) is 0.667. The third-order valence-electron chi connectivity index (χ3n) is 1.80. The normalized spacial score (nSPS) is 19.8. The summed E-state index contributed by atoms with van der Waals surface area (Å²) >= 11 is 0. The van der Waals surface area contributed by atoms with Gasteiger partial charge in [-0.2, -0.15) is 0 Å². The third kappa shape index (κ3) is 2.82. The van der Waals surface area contributed by atoms with Crippen LogP contribution in [0.1, 0.15) is 13.8 Å². The van der Waals surface area contributed by atoms with Gasteiger partial charge in [0.2, 0.25) is 5.91 Å². The number of hydrogen-bond acceptors (Lipinski definition) is 3. The monoisotopic (exact) mass is 185 g/mol. The number of ether oxygens (including phenoxy) is 2. The van der Waals surface area contributed by atoms with E-state index >= 15 is 0 Å². The average molecular weight is 185 g/mol. The lowest BCUT2D eigenvalue weighted by molar-refractivity contribution is -0.122. The fourth-order valence-corrected chi connectivity index (χ4v) is 1.06. The van der Waals surface area contributed by atoms with Gasteiger partial charge in [0.25, 0.3) is 0 Å². The average Bonchev–Trinajstić information content (AvgIpc) is 2.55. The van der Waals surface area contributed by atoms with Crippen LogP contribution in [0, 0.1) is 0 Å². The van der Waals surface area contributed by atoms with Crippen LogP contribution in [0.5, 0.6) is 0 Å². The molecule has 4 heteroatoms. The predicted octanol–water partition coefficient (Wildman–Crippen LogP) is 0.440. The van der Waals surface area contributed by atoms with E-state index in [1.165, 1.54) is 0 Å². The van der Waals surface area contributed by atoms with Gasteiger partial charge in [-0.15, -0.1) is 0 Å². The van der Waals surface area contributed by atoms with Gasteiger partial charge in [0.1, 0.15) is 0 Å². The smallest absolute Gasteiger partial charge is 0.246 e. The molecule has 1 heterocycles. The first-order valence-corrected chi connectivity index (χ1v) is 4.31. The summed E-state index contributed by atoms with van der Waals surface area (Å²) in [7, 11) is 0. The summed E-state index contributed by atoms with van der Waals surface area (Å²) in [5, 5.41) is 2.73. The Hall–Kier alpha value is -0.870. The van der Waals surface area contributed by atoms with Gasteiger partial charge in [0, 0.05) is 5.57 Å². The van der Waals surface area contributed by atoms with Crippen LogP contribution < -0.4 is 5.32 Å². The molecule has 0 bridgehead atoms. The zero-order valence-electron chi connectivity index (χ0n) is 8.00. The van der Waals surface area contributed by atoms with E-state index in [1.54, 1.807) is 6.92 Å². The molecule has 1 fully saturated rings.